The average molecular weight is 427 g/mol. The lowest BCUT2D eigenvalue weighted by Gasteiger charge is -2.46. The van der Waals surface area contributed by atoms with Crippen LogP contribution in [-0.2, 0) is 16.1 Å². The van der Waals surface area contributed by atoms with Crippen molar-refractivity contribution >= 4 is 17.5 Å². The van der Waals surface area contributed by atoms with Gasteiger partial charge in [-0.05, 0) is 6.42 Å². The number of ether oxygens (including phenoxy) is 1. The number of ketones is 1. The first-order valence-corrected chi connectivity index (χ1v) is 10.1. The molecule has 0 aliphatic carbocycles. The zero-order chi connectivity index (χ0) is 21.6. The Morgan fingerprint density at radius 3 is 2.67 bits per heavy atom. The summed E-state index contributed by atoms with van der Waals surface area (Å²) >= 11 is 0. The smallest absolute Gasteiger partial charge is 0.357 e. The molecule has 8 nitrogen and oxygen atoms in total. The van der Waals surface area contributed by atoms with E-state index in [0.717, 1.165) is 11.4 Å². The molecular formula is C19H24F3N5O3. The highest BCUT2D eigenvalue weighted by Gasteiger charge is 2.73. The fraction of sp³-hybridized carbons (Fsp3) is 0.737. The Morgan fingerprint density at radius 2 is 2.07 bits per heavy atom. The van der Waals surface area contributed by atoms with E-state index >= 15 is 0 Å². The standard InChI is InChI=1S/C19H24F3N5O3/c1-17(2,3)12(28)7-26-11(19(20,21)22)4-5-25-15(29)6-14(23-16(25)26)27-8-13-18(27)9-24(18)10-30-13/h6,11,13H,4-5,7-10H2,1-3H3. The van der Waals surface area contributed by atoms with Crippen LogP contribution in [0.25, 0.3) is 0 Å². The minimum absolute atomic E-state index is 0.0274. The van der Waals surface area contributed by atoms with Gasteiger partial charge in [-0.2, -0.15) is 18.2 Å². The van der Waals surface area contributed by atoms with Crippen molar-refractivity contribution in [3.05, 3.63) is 16.4 Å². The van der Waals surface area contributed by atoms with Crippen molar-refractivity contribution < 1.29 is 22.7 Å². The van der Waals surface area contributed by atoms with Gasteiger partial charge in [0, 0.05) is 24.6 Å². The van der Waals surface area contributed by atoms with Crippen molar-refractivity contribution in [3.8, 4) is 0 Å². The Kier molecular flexibility index (Phi) is 3.94. The highest BCUT2D eigenvalue weighted by molar-refractivity contribution is 5.88. The number of fused-ring (bicyclic) bond motifs is 1. The molecule has 4 aliphatic heterocycles. The van der Waals surface area contributed by atoms with Crippen molar-refractivity contribution in [1.82, 2.24) is 14.5 Å². The third kappa shape index (κ3) is 2.71. The first kappa shape index (κ1) is 19.8. The third-order valence-corrected chi connectivity index (χ3v) is 6.67. The number of alkyl halides is 3. The van der Waals surface area contributed by atoms with Crippen LogP contribution >= 0.6 is 0 Å². The number of hydrogen-bond donors (Lipinski definition) is 0. The van der Waals surface area contributed by atoms with Gasteiger partial charge in [-0.3, -0.25) is 19.1 Å². The van der Waals surface area contributed by atoms with Gasteiger partial charge < -0.3 is 14.5 Å². The van der Waals surface area contributed by atoms with Crippen LogP contribution in [0.3, 0.4) is 0 Å². The first-order chi connectivity index (χ1) is 13.9. The summed E-state index contributed by atoms with van der Waals surface area (Å²) in [5.41, 5.74) is -1.53. The Bertz CT molecular complexity index is 972. The summed E-state index contributed by atoms with van der Waals surface area (Å²) in [4.78, 5) is 34.9. The van der Waals surface area contributed by atoms with Crippen LogP contribution in [-0.4, -0.2) is 70.6 Å². The summed E-state index contributed by atoms with van der Waals surface area (Å²) < 4.78 is 48.3. The molecule has 0 amide bonds. The van der Waals surface area contributed by atoms with E-state index in [1.165, 1.54) is 10.6 Å². The van der Waals surface area contributed by atoms with E-state index in [2.05, 4.69) is 9.88 Å². The number of carbonyl (C=O) groups excluding carboxylic acids is 1. The molecule has 4 unspecified atom stereocenters. The third-order valence-electron chi connectivity index (χ3n) is 6.67. The molecule has 1 spiro atoms. The van der Waals surface area contributed by atoms with Gasteiger partial charge in [-0.1, -0.05) is 20.8 Å². The lowest BCUT2D eigenvalue weighted by Crippen LogP contribution is -2.64. The summed E-state index contributed by atoms with van der Waals surface area (Å²) in [6.45, 7) is 6.29. The van der Waals surface area contributed by atoms with E-state index in [1.54, 1.807) is 20.8 Å². The zero-order valence-corrected chi connectivity index (χ0v) is 17.1. The molecule has 0 radical (unpaired) electrons. The maximum absolute atomic E-state index is 13.8. The molecule has 0 N–H and O–H groups in total. The molecule has 0 bridgehead atoms. The molecule has 1 aromatic rings. The number of aromatic nitrogens is 2. The fourth-order valence-corrected chi connectivity index (χ4v) is 4.66. The molecule has 4 aliphatic rings. The second-order valence-corrected chi connectivity index (χ2v) is 9.52. The Hall–Kier alpha value is -2.14. The molecule has 11 heteroatoms. The molecule has 164 valence electrons. The lowest BCUT2D eigenvalue weighted by atomic mass is 9.90. The maximum Gasteiger partial charge on any atom is 0.408 e. The van der Waals surface area contributed by atoms with Gasteiger partial charge in [-0.15, -0.1) is 0 Å². The molecule has 3 fully saturated rings. The van der Waals surface area contributed by atoms with Crippen molar-refractivity contribution in [2.24, 2.45) is 5.41 Å². The largest absolute Gasteiger partial charge is 0.408 e. The number of Topliss-reactive ketones (excluding diaryl/α,β-unsaturated/α-hetero) is 1. The number of anilines is 2. The van der Waals surface area contributed by atoms with Gasteiger partial charge in [0.1, 0.15) is 30.4 Å². The number of carbonyl (C=O) groups is 1. The molecule has 4 atom stereocenters. The molecule has 5 heterocycles. The van der Waals surface area contributed by atoms with Gasteiger partial charge in [0.15, 0.2) is 5.78 Å². The second kappa shape index (κ2) is 5.97. The van der Waals surface area contributed by atoms with E-state index in [0.29, 0.717) is 19.1 Å². The average Bonchev–Trinajstić information content (AvgIpc) is 3.31. The SMILES string of the molecule is CC(C)(C)C(=O)CN1c2nc(N3CC4OCN5CC453)cc(=O)n2CCC1C(F)(F)F. The van der Waals surface area contributed by atoms with Gasteiger partial charge in [0.05, 0.1) is 13.1 Å². The monoisotopic (exact) mass is 427 g/mol. The van der Waals surface area contributed by atoms with E-state index in [9.17, 15) is 22.8 Å². The maximum atomic E-state index is 13.8. The highest BCUT2D eigenvalue weighted by atomic mass is 19.4. The van der Waals surface area contributed by atoms with E-state index in [4.69, 9.17) is 4.74 Å². The zero-order valence-electron chi connectivity index (χ0n) is 17.1. The molecule has 0 aromatic carbocycles. The summed E-state index contributed by atoms with van der Waals surface area (Å²) in [7, 11) is 0. The summed E-state index contributed by atoms with van der Waals surface area (Å²) in [6.07, 6.45) is -4.81. The van der Waals surface area contributed by atoms with Gasteiger partial charge in [0.25, 0.3) is 5.56 Å². The second-order valence-electron chi connectivity index (χ2n) is 9.52. The number of halogens is 3. The Labute approximate surface area is 171 Å². The van der Waals surface area contributed by atoms with Crippen LogP contribution in [0.5, 0.6) is 0 Å². The first-order valence-electron chi connectivity index (χ1n) is 10.1. The van der Waals surface area contributed by atoms with Crippen LogP contribution in [0.2, 0.25) is 0 Å². The van der Waals surface area contributed by atoms with Crippen molar-refractivity contribution in [2.45, 2.75) is 57.7 Å². The fourth-order valence-electron chi connectivity index (χ4n) is 4.66. The van der Waals surface area contributed by atoms with Crippen LogP contribution < -0.4 is 15.4 Å². The predicted molar refractivity (Wildman–Crippen MR) is 101 cm³/mol. The van der Waals surface area contributed by atoms with Crippen LogP contribution in [0.1, 0.15) is 27.2 Å². The quantitative estimate of drug-likeness (QED) is 0.671. The van der Waals surface area contributed by atoms with E-state index in [-0.39, 0.29) is 36.5 Å². The highest BCUT2D eigenvalue weighted by Crippen LogP contribution is 2.53. The van der Waals surface area contributed by atoms with Crippen molar-refractivity contribution in [3.63, 3.8) is 0 Å². The van der Waals surface area contributed by atoms with Crippen LogP contribution in [0, 0.1) is 5.41 Å². The normalized spacial score (nSPS) is 32.3. The van der Waals surface area contributed by atoms with Gasteiger partial charge >= 0.3 is 6.18 Å². The number of rotatable bonds is 3. The molecule has 30 heavy (non-hydrogen) atoms. The summed E-state index contributed by atoms with van der Waals surface area (Å²) in [6, 6.07) is -0.485. The summed E-state index contributed by atoms with van der Waals surface area (Å²) in [5, 5.41) is 0. The summed E-state index contributed by atoms with van der Waals surface area (Å²) in [5.74, 6) is -0.0915. The minimum Gasteiger partial charge on any atom is -0.357 e. The van der Waals surface area contributed by atoms with Gasteiger partial charge in [-0.25, -0.2) is 0 Å². The van der Waals surface area contributed by atoms with Crippen LogP contribution in [0.15, 0.2) is 10.9 Å². The van der Waals surface area contributed by atoms with Crippen molar-refractivity contribution in [1.29, 1.82) is 0 Å². The molecular weight excluding hydrogens is 403 g/mol. The minimum atomic E-state index is -4.54. The number of nitrogens with zero attached hydrogens (tertiary/aromatic N) is 5. The molecule has 5 rings (SSSR count). The Balaban J connectivity index is 1.55. The van der Waals surface area contributed by atoms with E-state index < -0.39 is 29.7 Å². The number of hydrogen-bond acceptors (Lipinski definition) is 7. The van der Waals surface area contributed by atoms with E-state index in [1.807, 2.05) is 4.90 Å². The van der Waals surface area contributed by atoms with Crippen LogP contribution in [0.4, 0.5) is 24.9 Å². The molecule has 1 aromatic heterocycles. The molecule has 3 saturated heterocycles. The molecule has 0 saturated carbocycles. The van der Waals surface area contributed by atoms with Crippen molar-refractivity contribution in [2.75, 3.05) is 36.2 Å². The Morgan fingerprint density at radius 1 is 1.33 bits per heavy atom. The lowest BCUT2D eigenvalue weighted by molar-refractivity contribution is -0.153. The van der Waals surface area contributed by atoms with Gasteiger partial charge in [0.2, 0.25) is 5.95 Å². The predicted octanol–water partition coefficient (Wildman–Crippen LogP) is 1.19. The topological polar surface area (TPSA) is 70.7 Å².